The minimum Gasteiger partial charge on any atom is -0.396 e. The van der Waals surface area contributed by atoms with Crippen LogP contribution >= 0.6 is 0 Å². The molecule has 0 atom stereocenters. The Balaban J connectivity index is 1.93. The first-order valence-electron chi connectivity index (χ1n) is 6.18. The average molecular weight is 236 g/mol. The highest BCUT2D eigenvalue weighted by Crippen LogP contribution is 2.35. The Morgan fingerprint density at radius 3 is 2.59 bits per heavy atom. The van der Waals surface area contributed by atoms with Crippen LogP contribution in [0.1, 0.15) is 32.1 Å². The molecular formula is C12H20N4O. The van der Waals surface area contributed by atoms with Crippen molar-refractivity contribution in [3.63, 3.8) is 0 Å². The minimum atomic E-state index is 0.0152. The standard InChI is InChI=1S/C12H20N4O/c13-10-4-5-11(16-15-10)14-8-12(9-17)6-2-1-3-7-12/h4-5,17H,1-3,6-9H2,(H2,13,15)(H,14,16). The molecule has 0 spiro atoms. The molecule has 17 heavy (non-hydrogen) atoms. The van der Waals surface area contributed by atoms with Crippen molar-refractivity contribution in [2.75, 3.05) is 24.2 Å². The summed E-state index contributed by atoms with van der Waals surface area (Å²) in [6.45, 7) is 0.991. The molecule has 0 bridgehead atoms. The van der Waals surface area contributed by atoms with E-state index in [1.807, 2.05) is 6.07 Å². The molecule has 1 aromatic rings. The molecule has 0 amide bonds. The number of rotatable bonds is 4. The van der Waals surface area contributed by atoms with Gasteiger partial charge in [0.05, 0.1) is 6.61 Å². The average Bonchev–Trinajstić information content (AvgIpc) is 2.39. The van der Waals surface area contributed by atoms with Gasteiger partial charge in [0.2, 0.25) is 0 Å². The number of nitrogens with two attached hydrogens (primary N) is 1. The predicted octanol–water partition coefficient (Wildman–Crippen LogP) is 1.41. The molecule has 1 aliphatic carbocycles. The Bertz CT molecular complexity index is 346. The number of aliphatic hydroxyl groups is 1. The summed E-state index contributed by atoms with van der Waals surface area (Å²) in [6, 6.07) is 3.54. The first-order chi connectivity index (χ1) is 8.24. The van der Waals surface area contributed by atoms with E-state index in [1.54, 1.807) is 6.07 Å². The van der Waals surface area contributed by atoms with Crippen LogP contribution in [-0.2, 0) is 0 Å². The van der Waals surface area contributed by atoms with Crippen LogP contribution in [0.4, 0.5) is 11.6 Å². The summed E-state index contributed by atoms with van der Waals surface area (Å²) < 4.78 is 0. The molecule has 0 radical (unpaired) electrons. The molecular weight excluding hydrogens is 216 g/mol. The van der Waals surface area contributed by atoms with Crippen LogP contribution in [0.25, 0.3) is 0 Å². The van der Waals surface area contributed by atoms with E-state index in [9.17, 15) is 5.11 Å². The van der Waals surface area contributed by atoms with Gasteiger partial charge in [-0.1, -0.05) is 19.3 Å². The third kappa shape index (κ3) is 3.06. The summed E-state index contributed by atoms with van der Waals surface area (Å²) >= 11 is 0. The maximum absolute atomic E-state index is 9.57. The maximum atomic E-state index is 9.57. The van der Waals surface area contributed by atoms with Crippen LogP contribution in [-0.4, -0.2) is 28.5 Å². The SMILES string of the molecule is Nc1ccc(NCC2(CO)CCCCC2)nn1. The van der Waals surface area contributed by atoms with Crippen LogP contribution in [0.3, 0.4) is 0 Å². The van der Waals surface area contributed by atoms with Gasteiger partial charge in [0.15, 0.2) is 0 Å². The smallest absolute Gasteiger partial charge is 0.148 e. The monoisotopic (exact) mass is 236 g/mol. The van der Waals surface area contributed by atoms with Crippen LogP contribution in [0.5, 0.6) is 0 Å². The van der Waals surface area contributed by atoms with Gasteiger partial charge < -0.3 is 16.2 Å². The van der Waals surface area contributed by atoms with Crippen molar-refractivity contribution in [2.45, 2.75) is 32.1 Å². The fourth-order valence-electron chi connectivity index (χ4n) is 2.41. The number of nitrogens with zero attached hydrogens (tertiary/aromatic N) is 2. The van der Waals surface area contributed by atoms with E-state index >= 15 is 0 Å². The Hall–Kier alpha value is -1.36. The van der Waals surface area contributed by atoms with E-state index in [-0.39, 0.29) is 12.0 Å². The fourth-order valence-corrected chi connectivity index (χ4v) is 2.41. The molecule has 4 N–H and O–H groups in total. The second kappa shape index (κ2) is 5.31. The van der Waals surface area contributed by atoms with E-state index in [0.717, 1.165) is 25.2 Å². The number of aromatic nitrogens is 2. The van der Waals surface area contributed by atoms with Gasteiger partial charge in [-0.25, -0.2) is 0 Å². The Kier molecular flexibility index (Phi) is 3.78. The molecule has 0 unspecified atom stereocenters. The number of anilines is 2. The summed E-state index contributed by atoms with van der Waals surface area (Å²) in [4.78, 5) is 0. The summed E-state index contributed by atoms with van der Waals surface area (Å²) in [5.74, 6) is 1.14. The molecule has 1 aromatic heterocycles. The van der Waals surface area contributed by atoms with Gasteiger partial charge in [-0.05, 0) is 25.0 Å². The molecule has 5 nitrogen and oxygen atoms in total. The zero-order chi connectivity index (χ0) is 12.1. The van der Waals surface area contributed by atoms with Gasteiger partial charge in [0.25, 0.3) is 0 Å². The van der Waals surface area contributed by atoms with Crippen LogP contribution in [0.15, 0.2) is 12.1 Å². The highest BCUT2D eigenvalue weighted by molar-refractivity contribution is 5.38. The van der Waals surface area contributed by atoms with Crippen molar-refractivity contribution in [1.82, 2.24) is 10.2 Å². The van der Waals surface area contributed by atoms with Gasteiger partial charge in [-0.3, -0.25) is 0 Å². The molecule has 94 valence electrons. The number of nitrogen functional groups attached to an aromatic ring is 1. The van der Waals surface area contributed by atoms with E-state index < -0.39 is 0 Å². The van der Waals surface area contributed by atoms with Crippen molar-refractivity contribution in [3.05, 3.63) is 12.1 Å². The Morgan fingerprint density at radius 1 is 1.24 bits per heavy atom. The molecule has 1 heterocycles. The van der Waals surface area contributed by atoms with Crippen molar-refractivity contribution in [2.24, 2.45) is 5.41 Å². The highest BCUT2D eigenvalue weighted by Gasteiger charge is 2.31. The molecule has 0 saturated heterocycles. The van der Waals surface area contributed by atoms with E-state index in [2.05, 4.69) is 15.5 Å². The number of hydrogen-bond acceptors (Lipinski definition) is 5. The normalized spacial score (nSPS) is 18.9. The Labute approximate surface area is 101 Å². The minimum absolute atomic E-state index is 0.0152. The predicted molar refractivity (Wildman–Crippen MR) is 67.5 cm³/mol. The molecule has 1 fully saturated rings. The second-order valence-corrected chi connectivity index (χ2v) is 4.92. The van der Waals surface area contributed by atoms with Gasteiger partial charge in [0.1, 0.15) is 11.6 Å². The third-order valence-corrected chi connectivity index (χ3v) is 3.58. The topological polar surface area (TPSA) is 84.1 Å². The number of hydrogen-bond donors (Lipinski definition) is 3. The van der Waals surface area contributed by atoms with Crippen molar-refractivity contribution in [1.29, 1.82) is 0 Å². The first-order valence-corrected chi connectivity index (χ1v) is 6.18. The zero-order valence-corrected chi connectivity index (χ0v) is 10.0. The van der Waals surface area contributed by atoms with Gasteiger partial charge in [-0.2, -0.15) is 0 Å². The van der Waals surface area contributed by atoms with E-state index in [1.165, 1.54) is 19.3 Å². The number of aliphatic hydroxyl groups excluding tert-OH is 1. The van der Waals surface area contributed by atoms with Crippen LogP contribution < -0.4 is 11.1 Å². The lowest BCUT2D eigenvalue weighted by Crippen LogP contribution is -2.35. The lowest BCUT2D eigenvalue weighted by Gasteiger charge is -2.35. The fraction of sp³-hybridized carbons (Fsp3) is 0.667. The summed E-state index contributed by atoms with van der Waals surface area (Å²) in [7, 11) is 0. The first kappa shape index (κ1) is 12.1. The van der Waals surface area contributed by atoms with Crippen molar-refractivity contribution in [3.8, 4) is 0 Å². The zero-order valence-electron chi connectivity index (χ0n) is 10.0. The van der Waals surface area contributed by atoms with Gasteiger partial charge >= 0.3 is 0 Å². The van der Waals surface area contributed by atoms with E-state index in [0.29, 0.717) is 5.82 Å². The summed E-state index contributed by atoms with van der Waals surface area (Å²) in [5.41, 5.74) is 5.49. The molecule has 0 aromatic carbocycles. The van der Waals surface area contributed by atoms with Crippen LogP contribution in [0, 0.1) is 5.41 Å². The molecule has 1 aliphatic rings. The lowest BCUT2D eigenvalue weighted by atomic mass is 9.74. The molecule has 2 rings (SSSR count). The van der Waals surface area contributed by atoms with Crippen LogP contribution in [0.2, 0.25) is 0 Å². The molecule has 1 saturated carbocycles. The molecule has 0 aliphatic heterocycles. The maximum Gasteiger partial charge on any atom is 0.148 e. The van der Waals surface area contributed by atoms with Gasteiger partial charge in [0, 0.05) is 12.0 Å². The summed E-state index contributed by atoms with van der Waals surface area (Å²) in [6.07, 6.45) is 5.85. The Morgan fingerprint density at radius 2 is 2.00 bits per heavy atom. The number of nitrogens with one attached hydrogen (secondary N) is 1. The largest absolute Gasteiger partial charge is 0.396 e. The van der Waals surface area contributed by atoms with Crippen molar-refractivity contribution >= 4 is 11.6 Å². The quantitative estimate of drug-likeness (QED) is 0.736. The van der Waals surface area contributed by atoms with Gasteiger partial charge in [-0.15, -0.1) is 10.2 Å². The third-order valence-electron chi connectivity index (χ3n) is 3.58. The van der Waals surface area contributed by atoms with E-state index in [4.69, 9.17) is 5.73 Å². The summed E-state index contributed by atoms with van der Waals surface area (Å²) in [5, 5.41) is 20.6. The lowest BCUT2D eigenvalue weighted by molar-refractivity contribution is 0.0943. The van der Waals surface area contributed by atoms with Crippen molar-refractivity contribution < 1.29 is 5.11 Å². The highest BCUT2D eigenvalue weighted by atomic mass is 16.3. The second-order valence-electron chi connectivity index (χ2n) is 4.92. The molecule has 5 heteroatoms.